The molecule has 0 aromatic heterocycles. The van der Waals surface area contributed by atoms with Crippen LogP contribution < -0.4 is 14.4 Å². The molecule has 168 valence electrons. The summed E-state index contributed by atoms with van der Waals surface area (Å²) in [4.78, 5) is 5.03. The van der Waals surface area contributed by atoms with Gasteiger partial charge in [-0.1, -0.05) is 52.0 Å². The molecular formula is C26H36N2O3. The number of aliphatic hydroxyl groups is 1. The maximum Gasteiger partial charge on any atom is 0.161 e. The van der Waals surface area contributed by atoms with Gasteiger partial charge < -0.3 is 19.5 Å². The van der Waals surface area contributed by atoms with Crippen LogP contribution in [0.25, 0.3) is 0 Å². The molecule has 4 rings (SSSR count). The van der Waals surface area contributed by atoms with Gasteiger partial charge in [0, 0.05) is 48.7 Å². The van der Waals surface area contributed by atoms with Crippen molar-refractivity contribution in [1.29, 1.82) is 0 Å². The minimum Gasteiger partial charge on any atom is -0.493 e. The van der Waals surface area contributed by atoms with Crippen LogP contribution >= 0.6 is 0 Å². The van der Waals surface area contributed by atoms with Gasteiger partial charge in [-0.3, -0.25) is 4.90 Å². The number of ether oxygens (including phenoxy) is 2. The Kier molecular flexibility index (Phi) is 5.47. The second kappa shape index (κ2) is 7.72. The zero-order valence-corrected chi connectivity index (χ0v) is 19.7. The Morgan fingerprint density at radius 1 is 0.806 bits per heavy atom. The first kappa shape index (κ1) is 22.0. The third kappa shape index (κ3) is 3.13. The molecular weight excluding hydrogens is 388 g/mol. The highest BCUT2D eigenvalue weighted by atomic mass is 16.5. The molecule has 0 amide bonds. The number of hydrogen-bond acceptors (Lipinski definition) is 5. The maximum absolute atomic E-state index is 12.1. The van der Waals surface area contributed by atoms with E-state index in [1.165, 1.54) is 5.69 Å². The molecule has 5 heteroatoms. The average Bonchev–Trinajstić information content (AvgIpc) is 2.78. The SMILES string of the molecule is COc1ccc(C2(O)C(C)(C)C(N3CCN(c4ccccc4)CC3)C2(C)C)cc1OC. The normalized spacial score (nSPS) is 27.5. The number of rotatable bonds is 5. The van der Waals surface area contributed by atoms with Crippen molar-refractivity contribution in [3.8, 4) is 11.5 Å². The zero-order valence-electron chi connectivity index (χ0n) is 19.7. The van der Waals surface area contributed by atoms with E-state index in [-0.39, 0.29) is 16.9 Å². The average molecular weight is 425 g/mol. The Bertz CT molecular complexity index is 902. The Morgan fingerprint density at radius 2 is 1.39 bits per heavy atom. The first-order valence-corrected chi connectivity index (χ1v) is 11.2. The maximum atomic E-state index is 12.1. The van der Waals surface area contributed by atoms with Gasteiger partial charge in [-0.05, 0) is 29.8 Å². The second-order valence-electron chi connectivity index (χ2n) is 9.98. The first-order chi connectivity index (χ1) is 14.7. The van der Waals surface area contributed by atoms with Crippen molar-refractivity contribution in [2.24, 2.45) is 10.8 Å². The smallest absolute Gasteiger partial charge is 0.161 e. The molecule has 1 N–H and O–H groups in total. The van der Waals surface area contributed by atoms with Crippen LogP contribution in [0.4, 0.5) is 5.69 Å². The number of benzene rings is 2. The van der Waals surface area contributed by atoms with E-state index in [9.17, 15) is 5.11 Å². The highest BCUT2D eigenvalue weighted by Gasteiger charge is 2.73. The summed E-state index contributed by atoms with van der Waals surface area (Å²) in [6.45, 7) is 12.8. The van der Waals surface area contributed by atoms with E-state index in [4.69, 9.17) is 9.47 Å². The van der Waals surface area contributed by atoms with Crippen LogP contribution in [-0.2, 0) is 5.60 Å². The summed E-state index contributed by atoms with van der Waals surface area (Å²) in [5, 5.41) is 12.1. The van der Waals surface area contributed by atoms with Crippen LogP contribution in [0.1, 0.15) is 33.3 Å². The zero-order chi connectivity index (χ0) is 22.4. The summed E-state index contributed by atoms with van der Waals surface area (Å²) in [5.41, 5.74) is 0.576. The third-order valence-corrected chi connectivity index (χ3v) is 7.83. The van der Waals surface area contributed by atoms with E-state index < -0.39 is 5.60 Å². The number of hydrogen-bond donors (Lipinski definition) is 1. The number of methoxy groups -OCH3 is 2. The van der Waals surface area contributed by atoms with Crippen molar-refractivity contribution in [3.63, 3.8) is 0 Å². The monoisotopic (exact) mass is 424 g/mol. The van der Waals surface area contributed by atoms with Gasteiger partial charge in [-0.2, -0.15) is 0 Å². The number of anilines is 1. The summed E-state index contributed by atoms with van der Waals surface area (Å²) in [6, 6.07) is 16.7. The van der Waals surface area contributed by atoms with Gasteiger partial charge in [-0.25, -0.2) is 0 Å². The fraction of sp³-hybridized carbons (Fsp3) is 0.538. The standard InChI is InChI=1S/C26H36N2O3/c1-24(2)23(28-16-14-27(15-17-28)20-10-8-7-9-11-20)25(3,4)26(24,29)19-12-13-21(30-5)22(18-19)31-6/h7-13,18,23,29H,14-17H2,1-6H3. The lowest BCUT2D eigenvalue weighted by Crippen LogP contribution is -2.79. The fourth-order valence-electron chi connectivity index (χ4n) is 6.65. The first-order valence-electron chi connectivity index (χ1n) is 11.2. The Labute approximate surface area is 186 Å². The molecule has 2 fully saturated rings. The largest absolute Gasteiger partial charge is 0.493 e. The quantitative estimate of drug-likeness (QED) is 0.781. The van der Waals surface area contributed by atoms with Gasteiger partial charge in [0.05, 0.1) is 14.2 Å². The van der Waals surface area contributed by atoms with Crippen LogP contribution in [0.15, 0.2) is 48.5 Å². The molecule has 0 bridgehead atoms. The molecule has 2 aromatic carbocycles. The van der Waals surface area contributed by atoms with E-state index >= 15 is 0 Å². The predicted molar refractivity (Wildman–Crippen MR) is 125 cm³/mol. The van der Waals surface area contributed by atoms with E-state index in [0.29, 0.717) is 11.5 Å². The lowest BCUT2D eigenvalue weighted by atomic mass is 9.39. The van der Waals surface area contributed by atoms with E-state index in [2.05, 4.69) is 67.8 Å². The van der Waals surface area contributed by atoms with Gasteiger partial charge in [-0.15, -0.1) is 0 Å². The van der Waals surface area contributed by atoms with Crippen molar-refractivity contribution in [2.45, 2.75) is 39.3 Å². The van der Waals surface area contributed by atoms with Crippen molar-refractivity contribution in [2.75, 3.05) is 45.3 Å². The predicted octanol–water partition coefficient (Wildman–Crippen LogP) is 4.15. The molecule has 1 aliphatic carbocycles. The molecule has 1 saturated carbocycles. The highest BCUT2D eigenvalue weighted by molar-refractivity contribution is 5.49. The summed E-state index contributed by atoms with van der Waals surface area (Å²) in [6.07, 6.45) is 0. The van der Waals surface area contributed by atoms with Crippen LogP contribution in [0.5, 0.6) is 11.5 Å². The number of piperazine rings is 1. The van der Waals surface area contributed by atoms with E-state index in [1.807, 2.05) is 18.2 Å². The van der Waals surface area contributed by atoms with Crippen LogP contribution in [0.3, 0.4) is 0 Å². The fourth-order valence-corrected chi connectivity index (χ4v) is 6.65. The lowest BCUT2D eigenvalue weighted by molar-refractivity contribution is -0.308. The molecule has 0 atom stereocenters. The third-order valence-electron chi connectivity index (χ3n) is 7.83. The molecule has 1 heterocycles. The van der Waals surface area contributed by atoms with Crippen LogP contribution in [0.2, 0.25) is 0 Å². The Morgan fingerprint density at radius 3 is 1.94 bits per heavy atom. The summed E-state index contributed by atoms with van der Waals surface area (Å²) < 4.78 is 10.9. The van der Waals surface area contributed by atoms with E-state index in [1.54, 1.807) is 14.2 Å². The van der Waals surface area contributed by atoms with Gasteiger partial charge in [0.1, 0.15) is 5.60 Å². The van der Waals surface area contributed by atoms with Crippen LogP contribution in [-0.4, -0.2) is 56.4 Å². The molecule has 5 nitrogen and oxygen atoms in total. The van der Waals surface area contributed by atoms with Crippen molar-refractivity contribution in [3.05, 3.63) is 54.1 Å². The molecule has 1 saturated heterocycles. The molecule has 0 unspecified atom stereocenters. The van der Waals surface area contributed by atoms with Crippen molar-refractivity contribution < 1.29 is 14.6 Å². The van der Waals surface area contributed by atoms with Gasteiger partial charge in [0.2, 0.25) is 0 Å². The second-order valence-corrected chi connectivity index (χ2v) is 9.98. The molecule has 0 radical (unpaired) electrons. The lowest BCUT2D eigenvalue weighted by Gasteiger charge is -2.72. The summed E-state index contributed by atoms with van der Waals surface area (Å²) >= 11 is 0. The topological polar surface area (TPSA) is 45.2 Å². The minimum absolute atomic E-state index is 0.274. The van der Waals surface area contributed by atoms with Crippen molar-refractivity contribution in [1.82, 2.24) is 4.90 Å². The van der Waals surface area contributed by atoms with Crippen LogP contribution in [0, 0.1) is 10.8 Å². The highest BCUT2D eigenvalue weighted by Crippen LogP contribution is 2.68. The summed E-state index contributed by atoms with van der Waals surface area (Å²) in [5.74, 6) is 1.33. The van der Waals surface area contributed by atoms with Crippen molar-refractivity contribution >= 4 is 5.69 Å². The van der Waals surface area contributed by atoms with Gasteiger partial charge >= 0.3 is 0 Å². The van der Waals surface area contributed by atoms with Gasteiger partial charge in [0.15, 0.2) is 11.5 Å². The molecule has 31 heavy (non-hydrogen) atoms. The van der Waals surface area contributed by atoms with Gasteiger partial charge in [0.25, 0.3) is 0 Å². The van der Waals surface area contributed by atoms with E-state index in [0.717, 1.165) is 31.7 Å². The number of nitrogens with zero attached hydrogens (tertiary/aromatic N) is 2. The Hall–Kier alpha value is -2.24. The molecule has 2 aromatic rings. The molecule has 0 spiro atoms. The Balaban J connectivity index is 1.57. The molecule has 2 aliphatic rings. The summed E-state index contributed by atoms with van der Waals surface area (Å²) in [7, 11) is 3.27. The number of para-hydroxylation sites is 1. The minimum atomic E-state index is -0.971. The molecule has 1 aliphatic heterocycles.